The molecule has 1 aromatic carbocycles. The van der Waals surface area contributed by atoms with E-state index in [-0.39, 0.29) is 18.4 Å². The second kappa shape index (κ2) is 8.78. The van der Waals surface area contributed by atoms with E-state index in [0.717, 1.165) is 12.1 Å². The van der Waals surface area contributed by atoms with Crippen LogP contribution in [0.1, 0.15) is 33.6 Å². The highest BCUT2D eigenvalue weighted by Crippen LogP contribution is 2.07. The fourth-order valence-electron chi connectivity index (χ4n) is 3.03. The third-order valence-corrected chi connectivity index (χ3v) is 5.30. The molecule has 2 aromatic rings. The number of likely N-dealkylation sites (tertiary alicyclic amines) is 1. The van der Waals surface area contributed by atoms with Gasteiger partial charge in [0.05, 0.1) is 24.5 Å². The number of rotatable bonds is 7. The van der Waals surface area contributed by atoms with Crippen LogP contribution in [0.5, 0.6) is 0 Å². The molecule has 3 N–H and O–H groups in total. The predicted molar refractivity (Wildman–Crippen MR) is 98.6 cm³/mol. The Morgan fingerprint density at radius 2 is 1.72 bits per heavy atom. The van der Waals surface area contributed by atoms with Crippen molar-refractivity contribution in [3.63, 3.8) is 0 Å². The molecule has 0 aliphatic carbocycles. The minimum absolute atomic E-state index is 0.00681. The van der Waals surface area contributed by atoms with Crippen LogP contribution in [0.3, 0.4) is 0 Å². The van der Waals surface area contributed by atoms with Crippen LogP contribution in [0.4, 0.5) is 0 Å². The van der Waals surface area contributed by atoms with Gasteiger partial charge in [-0.2, -0.15) is 0 Å². The summed E-state index contributed by atoms with van der Waals surface area (Å²) in [7, 11) is 0. The fourth-order valence-corrected chi connectivity index (χ4v) is 3.67. The standard InChI is InChI=1S/C19H23N3O2S/c23-18(13-21-19(24)17-4-3-11-25-17)20-12-15-5-7-16(8-6-15)14-22-9-1-2-10-22/h3-8,11H,1-2,9-10,12-14H2,(H,20,23)(H,21,24)/p+1. The molecule has 132 valence electrons. The van der Waals surface area contributed by atoms with Crippen molar-refractivity contribution in [2.45, 2.75) is 25.9 Å². The number of carbonyl (C=O) groups excluding carboxylic acids is 2. The molecule has 0 saturated carbocycles. The van der Waals surface area contributed by atoms with Crippen molar-refractivity contribution < 1.29 is 14.5 Å². The quantitative estimate of drug-likeness (QED) is 0.691. The molecule has 0 atom stereocenters. The smallest absolute Gasteiger partial charge is 0.261 e. The molecule has 6 heteroatoms. The van der Waals surface area contributed by atoms with Crippen LogP contribution in [-0.4, -0.2) is 31.4 Å². The Kier molecular flexibility index (Phi) is 6.19. The van der Waals surface area contributed by atoms with Gasteiger partial charge in [0.2, 0.25) is 5.91 Å². The average Bonchev–Trinajstić information content (AvgIpc) is 3.33. The Bertz CT molecular complexity index is 692. The number of hydrogen-bond donors (Lipinski definition) is 3. The minimum atomic E-state index is -0.209. The van der Waals surface area contributed by atoms with E-state index in [1.165, 1.54) is 42.8 Å². The van der Waals surface area contributed by atoms with Crippen LogP contribution in [0.25, 0.3) is 0 Å². The van der Waals surface area contributed by atoms with Crippen molar-refractivity contribution >= 4 is 23.2 Å². The zero-order valence-corrected chi connectivity index (χ0v) is 15.0. The second-order valence-electron chi connectivity index (χ2n) is 6.39. The van der Waals surface area contributed by atoms with Crippen molar-refractivity contribution in [1.82, 2.24) is 10.6 Å². The van der Waals surface area contributed by atoms with Crippen LogP contribution < -0.4 is 15.5 Å². The highest BCUT2D eigenvalue weighted by Gasteiger charge is 2.15. The zero-order chi connectivity index (χ0) is 17.5. The van der Waals surface area contributed by atoms with E-state index in [1.807, 2.05) is 11.4 Å². The summed E-state index contributed by atoms with van der Waals surface area (Å²) in [5.41, 5.74) is 2.41. The molecule has 5 nitrogen and oxygen atoms in total. The molecular weight excluding hydrogens is 334 g/mol. The van der Waals surface area contributed by atoms with E-state index in [2.05, 4.69) is 34.9 Å². The maximum atomic E-state index is 11.9. The van der Waals surface area contributed by atoms with E-state index in [4.69, 9.17) is 0 Å². The first-order valence-corrected chi connectivity index (χ1v) is 9.58. The highest BCUT2D eigenvalue weighted by atomic mass is 32.1. The van der Waals surface area contributed by atoms with Crippen molar-refractivity contribution in [2.75, 3.05) is 19.6 Å². The van der Waals surface area contributed by atoms with Gasteiger partial charge < -0.3 is 15.5 Å². The lowest BCUT2D eigenvalue weighted by molar-refractivity contribution is -0.901. The Labute approximate surface area is 152 Å². The van der Waals surface area contributed by atoms with Gasteiger partial charge in [-0.15, -0.1) is 11.3 Å². The number of nitrogens with one attached hydrogen (secondary N) is 3. The Morgan fingerprint density at radius 1 is 1.00 bits per heavy atom. The van der Waals surface area contributed by atoms with Gasteiger partial charge in [-0.3, -0.25) is 9.59 Å². The highest BCUT2D eigenvalue weighted by molar-refractivity contribution is 7.12. The normalized spacial score (nSPS) is 14.4. The van der Waals surface area contributed by atoms with E-state index in [9.17, 15) is 9.59 Å². The number of thiophene rings is 1. The van der Waals surface area contributed by atoms with E-state index >= 15 is 0 Å². The monoisotopic (exact) mass is 358 g/mol. The summed E-state index contributed by atoms with van der Waals surface area (Å²) < 4.78 is 0. The van der Waals surface area contributed by atoms with Crippen LogP contribution in [0, 0.1) is 0 Å². The molecular formula is C19H24N3O2S+. The maximum absolute atomic E-state index is 11.9. The number of amides is 2. The average molecular weight is 358 g/mol. The number of quaternary nitrogens is 1. The molecule has 0 unspecified atom stereocenters. The molecule has 1 aromatic heterocycles. The van der Waals surface area contributed by atoms with Crippen molar-refractivity contribution in [1.29, 1.82) is 0 Å². The van der Waals surface area contributed by atoms with E-state index in [1.54, 1.807) is 11.0 Å². The lowest BCUT2D eigenvalue weighted by atomic mass is 10.1. The van der Waals surface area contributed by atoms with E-state index in [0.29, 0.717) is 11.4 Å². The largest absolute Gasteiger partial charge is 0.350 e. The molecule has 2 amide bonds. The van der Waals surface area contributed by atoms with Gasteiger partial charge in [0.25, 0.3) is 5.91 Å². The first-order valence-electron chi connectivity index (χ1n) is 8.70. The molecule has 25 heavy (non-hydrogen) atoms. The second-order valence-corrected chi connectivity index (χ2v) is 7.33. The summed E-state index contributed by atoms with van der Waals surface area (Å²) >= 11 is 1.36. The predicted octanol–water partition coefficient (Wildman–Crippen LogP) is 0.973. The number of carbonyl (C=O) groups is 2. The van der Waals surface area contributed by atoms with Crippen molar-refractivity contribution in [3.8, 4) is 0 Å². The Morgan fingerprint density at radius 3 is 2.40 bits per heavy atom. The topological polar surface area (TPSA) is 62.6 Å². The van der Waals surface area contributed by atoms with Gasteiger partial charge in [-0.05, 0) is 17.0 Å². The summed E-state index contributed by atoms with van der Waals surface area (Å²) in [6.07, 6.45) is 2.67. The molecule has 1 fully saturated rings. The van der Waals surface area contributed by atoms with Crippen LogP contribution in [0.15, 0.2) is 41.8 Å². The van der Waals surface area contributed by atoms with Gasteiger partial charge >= 0.3 is 0 Å². The van der Waals surface area contributed by atoms with Crippen molar-refractivity contribution in [3.05, 3.63) is 57.8 Å². The molecule has 1 aliphatic rings. The van der Waals surface area contributed by atoms with Crippen LogP contribution >= 0.6 is 11.3 Å². The number of hydrogen-bond acceptors (Lipinski definition) is 3. The maximum Gasteiger partial charge on any atom is 0.261 e. The summed E-state index contributed by atoms with van der Waals surface area (Å²) in [6, 6.07) is 12.0. The van der Waals surface area contributed by atoms with Gasteiger partial charge in [-0.25, -0.2) is 0 Å². The molecule has 0 radical (unpaired) electrons. The van der Waals surface area contributed by atoms with Gasteiger partial charge in [-0.1, -0.05) is 30.3 Å². The first-order chi connectivity index (χ1) is 12.2. The molecule has 1 aliphatic heterocycles. The Hall–Kier alpha value is -2.18. The first kappa shape index (κ1) is 17.6. The molecule has 3 rings (SSSR count). The number of benzene rings is 1. The lowest BCUT2D eigenvalue weighted by Gasteiger charge is -2.12. The SMILES string of the molecule is O=C(CNC(=O)c1cccs1)NCc1ccc(C[NH+]2CCCC2)cc1. The third kappa shape index (κ3) is 5.41. The minimum Gasteiger partial charge on any atom is -0.350 e. The zero-order valence-electron chi connectivity index (χ0n) is 14.2. The van der Waals surface area contributed by atoms with Gasteiger partial charge in [0.15, 0.2) is 0 Å². The summed E-state index contributed by atoms with van der Waals surface area (Å²) in [6.45, 7) is 4.10. The van der Waals surface area contributed by atoms with Crippen LogP contribution in [0.2, 0.25) is 0 Å². The van der Waals surface area contributed by atoms with E-state index < -0.39 is 0 Å². The van der Waals surface area contributed by atoms with Crippen LogP contribution in [-0.2, 0) is 17.9 Å². The fraction of sp³-hybridized carbons (Fsp3) is 0.368. The molecule has 0 spiro atoms. The van der Waals surface area contributed by atoms with Crippen molar-refractivity contribution in [2.24, 2.45) is 0 Å². The Balaban J connectivity index is 1.38. The molecule has 1 saturated heterocycles. The van der Waals surface area contributed by atoms with Gasteiger partial charge in [0.1, 0.15) is 6.54 Å². The molecule has 0 bridgehead atoms. The van der Waals surface area contributed by atoms with Gasteiger partial charge in [0, 0.05) is 24.9 Å². The summed E-state index contributed by atoms with van der Waals surface area (Å²) in [4.78, 5) is 25.9. The lowest BCUT2D eigenvalue weighted by Crippen LogP contribution is -3.08. The third-order valence-electron chi connectivity index (χ3n) is 4.43. The summed E-state index contributed by atoms with van der Waals surface area (Å²) in [5, 5.41) is 7.30. The summed E-state index contributed by atoms with van der Waals surface area (Å²) in [5.74, 6) is -0.394. The molecule has 2 heterocycles.